The van der Waals surface area contributed by atoms with Crippen LogP contribution in [0.5, 0.6) is 11.5 Å². The molecule has 0 saturated heterocycles. The van der Waals surface area contributed by atoms with Crippen LogP contribution in [0.4, 0.5) is 0 Å². The van der Waals surface area contributed by atoms with E-state index in [9.17, 15) is 14.7 Å². The van der Waals surface area contributed by atoms with E-state index in [0.29, 0.717) is 36.8 Å². The molecule has 7 nitrogen and oxygen atoms in total. The Morgan fingerprint density at radius 3 is 2.43 bits per heavy atom. The van der Waals surface area contributed by atoms with Gasteiger partial charge in [0.05, 0.1) is 16.5 Å². The maximum absolute atomic E-state index is 13.3. The zero-order valence-electron chi connectivity index (χ0n) is 21.3. The molecule has 1 aromatic heterocycles. The van der Waals surface area contributed by atoms with Crippen LogP contribution in [0.1, 0.15) is 33.3 Å². The number of nitrogens with zero attached hydrogens (tertiary/aromatic N) is 2. The van der Waals surface area contributed by atoms with Crippen LogP contribution in [0.15, 0.2) is 77.4 Å². The fourth-order valence-electron chi connectivity index (χ4n) is 4.34. The number of aliphatic hydroxyl groups excluding tert-OH is 1. The maximum Gasteiger partial charge on any atom is 0.290 e. The van der Waals surface area contributed by atoms with Crippen molar-refractivity contribution in [3.63, 3.8) is 0 Å². The minimum absolute atomic E-state index is 0.123. The van der Waals surface area contributed by atoms with Gasteiger partial charge < -0.3 is 24.4 Å². The first-order valence-electron chi connectivity index (χ1n) is 12.2. The van der Waals surface area contributed by atoms with Crippen molar-refractivity contribution >= 4 is 23.0 Å². The highest BCUT2D eigenvalue weighted by molar-refractivity contribution is 7.12. The van der Waals surface area contributed by atoms with Gasteiger partial charge in [0.25, 0.3) is 5.91 Å². The molecule has 1 amide bonds. The summed E-state index contributed by atoms with van der Waals surface area (Å²) in [6, 6.07) is 18.0. The number of para-hydroxylation sites is 1. The average molecular weight is 521 g/mol. The first-order valence-corrected chi connectivity index (χ1v) is 13.1. The third kappa shape index (κ3) is 6.21. The lowest BCUT2D eigenvalue weighted by atomic mass is 9.95. The Bertz CT molecular complexity index is 1250. The molecule has 4 rings (SSSR count). The lowest BCUT2D eigenvalue weighted by molar-refractivity contribution is -0.129. The number of benzene rings is 2. The van der Waals surface area contributed by atoms with Gasteiger partial charge in [-0.3, -0.25) is 9.59 Å². The highest BCUT2D eigenvalue weighted by Crippen LogP contribution is 2.40. The van der Waals surface area contributed by atoms with Crippen molar-refractivity contribution in [2.24, 2.45) is 0 Å². The topological polar surface area (TPSA) is 79.3 Å². The summed E-state index contributed by atoms with van der Waals surface area (Å²) in [5.41, 5.74) is 1.93. The minimum atomic E-state index is -0.664. The second kappa shape index (κ2) is 12.1. The zero-order valence-corrected chi connectivity index (χ0v) is 22.2. The van der Waals surface area contributed by atoms with Gasteiger partial charge in [-0.05, 0) is 74.8 Å². The predicted molar refractivity (Wildman–Crippen MR) is 145 cm³/mol. The molecular formula is C29H32N2O5S. The molecule has 0 saturated carbocycles. The highest BCUT2D eigenvalue weighted by Gasteiger charge is 2.43. The average Bonchev–Trinajstić information content (AvgIpc) is 3.51. The van der Waals surface area contributed by atoms with Gasteiger partial charge >= 0.3 is 0 Å². The van der Waals surface area contributed by atoms with E-state index in [1.54, 1.807) is 22.4 Å². The Morgan fingerprint density at radius 2 is 1.76 bits per heavy atom. The van der Waals surface area contributed by atoms with E-state index in [-0.39, 0.29) is 11.4 Å². The van der Waals surface area contributed by atoms with E-state index in [1.807, 2.05) is 74.4 Å². The first kappa shape index (κ1) is 26.4. The summed E-state index contributed by atoms with van der Waals surface area (Å²) in [7, 11) is 3.94. The lowest BCUT2D eigenvalue weighted by Gasteiger charge is -2.27. The molecule has 0 bridgehead atoms. The molecule has 0 radical (unpaired) electrons. The van der Waals surface area contributed by atoms with Crippen molar-refractivity contribution in [3.8, 4) is 11.5 Å². The van der Waals surface area contributed by atoms with Crippen molar-refractivity contribution in [2.75, 3.05) is 40.4 Å². The van der Waals surface area contributed by atoms with Crippen LogP contribution in [0, 0.1) is 6.92 Å². The Morgan fingerprint density at radius 1 is 1.03 bits per heavy atom. The van der Waals surface area contributed by atoms with Gasteiger partial charge in [0.2, 0.25) is 5.78 Å². The number of carbonyl (C=O) groups is 2. The van der Waals surface area contributed by atoms with Gasteiger partial charge in [-0.1, -0.05) is 36.4 Å². The van der Waals surface area contributed by atoms with Crippen LogP contribution in [0.2, 0.25) is 0 Å². The molecule has 0 aliphatic carbocycles. The third-order valence-corrected chi connectivity index (χ3v) is 7.07. The van der Waals surface area contributed by atoms with Gasteiger partial charge in [-0.15, -0.1) is 11.3 Å². The van der Waals surface area contributed by atoms with Gasteiger partial charge in [-0.2, -0.15) is 0 Å². The Labute approximate surface area is 221 Å². The standard InChI is InChI=1S/C29H32N2O5S/c1-20-8-4-5-9-23(20)36-18-17-35-22-13-11-21(12-14-22)26-25(27(32)24-10-6-19-37-24)28(33)29(34)31(26)16-7-15-30(2)3/h4-6,8-14,19,26,33H,7,15-18H2,1-3H3/t26-/m0/s1. The molecular weight excluding hydrogens is 488 g/mol. The number of Topliss-reactive ketones (excluding diaryl/α,β-unsaturated/α-hetero) is 1. The zero-order chi connectivity index (χ0) is 26.4. The van der Waals surface area contributed by atoms with Crippen LogP contribution in [0.3, 0.4) is 0 Å². The molecule has 0 spiro atoms. The van der Waals surface area contributed by atoms with Gasteiger partial charge in [-0.25, -0.2) is 0 Å². The summed E-state index contributed by atoms with van der Waals surface area (Å²) in [6.45, 7) is 3.97. The van der Waals surface area contributed by atoms with E-state index >= 15 is 0 Å². The van der Waals surface area contributed by atoms with Crippen LogP contribution < -0.4 is 9.47 Å². The fourth-order valence-corrected chi connectivity index (χ4v) is 5.01. The molecule has 0 unspecified atom stereocenters. The summed E-state index contributed by atoms with van der Waals surface area (Å²) >= 11 is 1.29. The molecule has 194 valence electrons. The normalized spacial score (nSPS) is 15.5. The van der Waals surface area contributed by atoms with E-state index in [2.05, 4.69) is 0 Å². The van der Waals surface area contributed by atoms with E-state index in [0.717, 1.165) is 23.4 Å². The minimum Gasteiger partial charge on any atom is -0.503 e. The van der Waals surface area contributed by atoms with E-state index in [1.165, 1.54) is 11.3 Å². The van der Waals surface area contributed by atoms with Crippen molar-refractivity contribution in [2.45, 2.75) is 19.4 Å². The SMILES string of the molecule is Cc1ccccc1OCCOc1ccc([C@H]2C(C(=O)c3cccs3)=C(O)C(=O)N2CCCN(C)C)cc1. The smallest absolute Gasteiger partial charge is 0.290 e. The quantitative estimate of drug-likeness (QED) is 0.266. The molecule has 1 aliphatic heterocycles. The molecule has 1 atom stereocenters. The number of hydrogen-bond donors (Lipinski definition) is 1. The van der Waals surface area contributed by atoms with Gasteiger partial charge in [0, 0.05) is 6.54 Å². The van der Waals surface area contributed by atoms with Crippen LogP contribution >= 0.6 is 11.3 Å². The molecule has 2 heterocycles. The van der Waals surface area contributed by atoms with Gasteiger partial charge in [0.1, 0.15) is 24.7 Å². The molecule has 37 heavy (non-hydrogen) atoms. The molecule has 3 aromatic rings. The summed E-state index contributed by atoms with van der Waals surface area (Å²) in [5, 5.41) is 12.6. The van der Waals surface area contributed by atoms with Crippen molar-refractivity contribution in [3.05, 3.63) is 93.4 Å². The number of ether oxygens (including phenoxy) is 2. The highest BCUT2D eigenvalue weighted by atomic mass is 32.1. The number of amides is 1. The van der Waals surface area contributed by atoms with Crippen molar-refractivity contribution < 1.29 is 24.2 Å². The van der Waals surface area contributed by atoms with Crippen LogP contribution in [-0.4, -0.2) is 67.0 Å². The number of aryl methyl sites for hydroxylation is 1. The molecule has 1 N–H and O–H groups in total. The second-order valence-corrected chi connectivity index (χ2v) is 10.1. The van der Waals surface area contributed by atoms with E-state index < -0.39 is 17.7 Å². The van der Waals surface area contributed by atoms with Gasteiger partial charge in [0.15, 0.2) is 5.76 Å². The number of rotatable bonds is 12. The van der Waals surface area contributed by atoms with Crippen LogP contribution in [0.25, 0.3) is 0 Å². The van der Waals surface area contributed by atoms with Crippen molar-refractivity contribution in [1.82, 2.24) is 9.80 Å². The maximum atomic E-state index is 13.3. The molecule has 0 fully saturated rings. The number of thiophene rings is 1. The summed E-state index contributed by atoms with van der Waals surface area (Å²) in [4.78, 5) is 30.5. The second-order valence-electron chi connectivity index (χ2n) is 9.16. The van der Waals surface area contributed by atoms with Crippen LogP contribution in [-0.2, 0) is 4.79 Å². The summed E-state index contributed by atoms with van der Waals surface area (Å²) in [6.07, 6.45) is 0.713. The molecule has 2 aromatic carbocycles. The molecule has 8 heteroatoms. The lowest BCUT2D eigenvalue weighted by Crippen LogP contribution is -2.33. The van der Waals surface area contributed by atoms with E-state index in [4.69, 9.17) is 9.47 Å². The largest absolute Gasteiger partial charge is 0.503 e. The summed E-state index contributed by atoms with van der Waals surface area (Å²) in [5.74, 6) is 0.171. The Balaban J connectivity index is 1.49. The fraction of sp³-hybridized carbons (Fsp3) is 0.310. The number of hydrogen-bond acceptors (Lipinski definition) is 7. The third-order valence-electron chi connectivity index (χ3n) is 6.20. The number of aliphatic hydroxyl groups is 1. The Kier molecular flexibility index (Phi) is 8.63. The first-order chi connectivity index (χ1) is 17.9. The number of ketones is 1. The van der Waals surface area contributed by atoms with Crippen molar-refractivity contribution in [1.29, 1.82) is 0 Å². The Hall–Kier alpha value is -3.62. The number of carbonyl (C=O) groups excluding carboxylic acids is 2. The molecule has 1 aliphatic rings. The monoisotopic (exact) mass is 520 g/mol. The summed E-state index contributed by atoms with van der Waals surface area (Å²) < 4.78 is 11.6. The predicted octanol–water partition coefficient (Wildman–Crippen LogP) is 5.04.